The van der Waals surface area contributed by atoms with Crippen molar-refractivity contribution in [1.82, 2.24) is 20.0 Å². The van der Waals surface area contributed by atoms with Gasteiger partial charge >= 0.3 is 0 Å². The summed E-state index contributed by atoms with van der Waals surface area (Å²) in [4.78, 5) is 14.8. The van der Waals surface area contributed by atoms with Crippen LogP contribution in [0.15, 0.2) is 24.3 Å². The molecule has 2 aliphatic rings. The molecule has 0 bridgehead atoms. The van der Waals surface area contributed by atoms with E-state index in [4.69, 9.17) is 0 Å². The minimum atomic E-state index is 0.147. The zero-order valence-corrected chi connectivity index (χ0v) is 12.1. The Labute approximate surface area is 123 Å². The Morgan fingerprint density at radius 3 is 2.86 bits per heavy atom. The van der Waals surface area contributed by atoms with E-state index in [1.807, 2.05) is 33.8 Å². The monoisotopic (exact) mass is 284 g/mol. The zero-order valence-electron chi connectivity index (χ0n) is 12.1. The Balaban J connectivity index is 1.61. The number of aromatic nitrogens is 2. The molecule has 0 radical (unpaired) electrons. The van der Waals surface area contributed by atoms with Gasteiger partial charge in [0.2, 0.25) is 0 Å². The zero-order chi connectivity index (χ0) is 14.2. The largest absolute Gasteiger partial charge is 0.335 e. The van der Waals surface area contributed by atoms with E-state index >= 15 is 0 Å². The number of nitrogens with zero attached hydrogens (tertiary/aromatic N) is 3. The average molecular weight is 284 g/mol. The first kappa shape index (κ1) is 12.8. The molecule has 0 atom stereocenters. The summed E-state index contributed by atoms with van der Waals surface area (Å²) in [5, 5.41) is 8.91. The second-order valence-electron chi connectivity index (χ2n) is 6.03. The predicted octanol–water partition coefficient (Wildman–Crippen LogP) is 1.49. The van der Waals surface area contributed by atoms with Gasteiger partial charge in [0.25, 0.3) is 5.91 Å². The third-order valence-corrected chi connectivity index (χ3v) is 4.65. The van der Waals surface area contributed by atoms with Gasteiger partial charge < -0.3 is 10.2 Å². The normalized spacial score (nSPS) is 20.0. The van der Waals surface area contributed by atoms with Crippen molar-refractivity contribution in [3.8, 4) is 0 Å². The molecule has 2 aromatic rings. The van der Waals surface area contributed by atoms with E-state index in [2.05, 4.69) is 10.4 Å². The topological polar surface area (TPSA) is 50.2 Å². The van der Waals surface area contributed by atoms with Gasteiger partial charge in [0.15, 0.2) is 0 Å². The van der Waals surface area contributed by atoms with Crippen LogP contribution in [0.25, 0.3) is 10.9 Å². The van der Waals surface area contributed by atoms with Crippen molar-refractivity contribution in [2.75, 3.05) is 26.2 Å². The SMILES string of the molecule is O=C1c2c3ccccc3nn2CCN1CC1CCNCC1. The third-order valence-electron chi connectivity index (χ3n) is 4.65. The van der Waals surface area contributed by atoms with Gasteiger partial charge in [0.05, 0.1) is 12.1 Å². The second kappa shape index (κ2) is 5.15. The molecule has 4 rings (SSSR count). The van der Waals surface area contributed by atoms with Gasteiger partial charge in [0, 0.05) is 18.5 Å². The Morgan fingerprint density at radius 1 is 1.19 bits per heavy atom. The number of carbonyl (C=O) groups excluding carboxylic acids is 1. The third kappa shape index (κ3) is 2.21. The summed E-state index contributed by atoms with van der Waals surface area (Å²) >= 11 is 0. The van der Waals surface area contributed by atoms with Crippen molar-refractivity contribution >= 4 is 16.8 Å². The molecule has 3 heterocycles. The minimum absolute atomic E-state index is 0.147. The fourth-order valence-electron chi connectivity index (χ4n) is 3.48. The predicted molar refractivity (Wildman–Crippen MR) is 81.2 cm³/mol. The smallest absolute Gasteiger partial charge is 0.272 e. The Hall–Kier alpha value is -1.88. The van der Waals surface area contributed by atoms with Crippen molar-refractivity contribution in [3.05, 3.63) is 30.0 Å². The maximum atomic E-state index is 12.8. The molecular formula is C16H20N4O. The number of hydrogen-bond donors (Lipinski definition) is 1. The number of amides is 1. The van der Waals surface area contributed by atoms with Crippen LogP contribution in [0.1, 0.15) is 23.3 Å². The summed E-state index contributed by atoms with van der Waals surface area (Å²) in [6.07, 6.45) is 2.34. The lowest BCUT2D eigenvalue weighted by Gasteiger charge is -2.32. The maximum Gasteiger partial charge on any atom is 0.272 e. The van der Waals surface area contributed by atoms with Gasteiger partial charge in [-0.1, -0.05) is 18.2 Å². The van der Waals surface area contributed by atoms with E-state index in [9.17, 15) is 4.79 Å². The number of hydrogen-bond acceptors (Lipinski definition) is 3. The highest BCUT2D eigenvalue weighted by molar-refractivity contribution is 6.05. The van der Waals surface area contributed by atoms with Gasteiger partial charge in [-0.2, -0.15) is 5.10 Å². The number of nitrogens with one attached hydrogen (secondary N) is 1. The Kier molecular flexibility index (Phi) is 3.15. The van der Waals surface area contributed by atoms with Crippen LogP contribution < -0.4 is 5.32 Å². The summed E-state index contributed by atoms with van der Waals surface area (Å²) in [6.45, 7) is 4.63. The number of rotatable bonds is 2. The highest BCUT2D eigenvalue weighted by Gasteiger charge is 2.29. The summed E-state index contributed by atoms with van der Waals surface area (Å²) in [5.74, 6) is 0.782. The van der Waals surface area contributed by atoms with E-state index in [1.54, 1.807) is 0 Å². The molecule has 1 aromatic heterocycles. The molecule has 1 aromatic carbocycles. The van der Waals surface area contributed by atoms with Crippen molar-refractivity contribution in [1.29, 1.82) is 0 Å². The lowest BCUT2D eigenvalue weighted by Crippen LogP contribution is -2.44. The minimum Gasteiger partial charge on any atom is -0.335 e. The lowest BCUT2D eigenvalue weighted by atomic mass is 9.97. The number of carbonyl (C=O) groups is 1. The van der Waals surface area contributed by atoms with Gasteiger partial charge in [-0.3, -0.25) is 9.48 Å². The van der Waals surface area contributed by atoms with Gasteiger partial charge in [-0.05, 0) is 37.9 Å². The van der Waals surface area contributed by atoms with Crippen LogP contribution in [0.4, 0.5) is 0 Å². The first-order chi connectivity index (χ1) is 10.3. The van der Waals surface area contributed by atoms with Crippen LogP contribution in [0, 0.1) is 5.92 Å². The van der Waals surface area contributed by atoms with Crippen molar-refractivity contribution in [2.24, 2.45) is 5.92 Å². The summed E-state index contributed by atoms with van der Waals surface area (Å²) in [5.41, 5.74) is 1.69. The van der Waals surface area contributed by atoms with Crippen LogP contribution in [-0.4, -0.2) is 46.8 Å². The lowest BCUT2D eigenvalue weighted by molar-refractivity contribution is 0.0657. The van der Waals surface area contributed by atoms with E-state index < -0.39 is 0 Å². The standard InChI is InChI=1S/C16H20N4O/c21-16-15-13-3-1-2-4-14(13)18-20(15)10-9-19(16)11-12-5-7-17-8-6-12/h1-4,12,17H,5-11H2. The van der Waals surface area contributed by atoms with E-state index in [1.165, 1.54) is 12.8 Å². The molecule has 1 saturated heterocycles. The molecule has 1 amide bonds. The molecule has 5 nitrogen and oxygen atoms in total. The number of piperidine rings is 1. The van der Waals surface area contributed by atoms with Crippen LogP contribution in [0.2, 0.25) is 0 Å². The van der Waals surface area contributed by atoms with Gasteiger partial charge in [-0.25, -0.2) is 0 Å². The fourth-order valence-corrected chi connectivity index (χ4v) is 3.48. The van der Waals surface area contributed by atoms with Crippen LogP contribution in [0.5, 0.6) is 0 Å². The number of benzene rings is 1. The molecule has 2 aliphatic heterocycles. The molecule has 5 heteroatoms. The molecule has 21 heavy (non-hydrogen) atoms. The van der Waals surface area contributed by atoms with Crippen molar-refractivity contribution < 1.29 is 4.79 Å². The molecule has 0 spiro atoms. The molecule has 0 aliphatic carbocycles. The number of fused-ring (bicyclic) bond motifs is 3. The van der Waals surface area contributed by atoms with Gasteiger partial charge in [0.1, 0.15) is 5.69 Å². The Bertz CT molecular complexity index is 672. The van der Waals surface area contributed by atoms with E-state index in [0.29, 0.717) is 5.92 Å². The summed E-state index contributed by atoms with van der Waals surface area (Å²) in [6, 6.07) is 7.92. The maximum absolute atomic E-state index is 12.8. The fraction of sp³-hybridized carbons (Fsp3) is 0.500. The molecular weight excluding hydrogens is 264 g/mol. The molecule has 0 saturated carbocycles. The molecule has 110 valence electrons. The Morgan fingerprint density at radius 2 is 2.00 bits per heavy atom. The highest BCUT2D eigenvalue weighted by atomic mass is 16.2. The first-order valence-electron chi connectivity index (χ1n) is 7.78. The van der Waals surface area contributed by atoms with E-state index in [-0.39, 0.29) is 5.91 Å². The van der Waals surface area contributed by atoms with E-state index in [0.717, 1.165) is 49.3 Å². The van der Waals surface area contributed by atoms with Crippen LogP contribution in [0.3, 0.4) is 0 Å². The van der Waals surface area contributed by atoms with Crippen molar-refractivity contribution in [2.45, 2.75) is 19.4 Å². The second-order valence-corrected chi connectivity index (χ2v) is 6.03. The first-order valence-corrected chi connectivity index (χ1v) is 7.78. The van der Waals surface area contributed by atoms with Crippen molar-refractivity contribution in [3.63, 3.8) is 0 Å². The average Bonchev–Trinajstić information content (AvgIpc) is 2.90. The van der Waals surface area contributed by atoms with Gasteiger partial charge in [-0.15, -0.1) is 0 Å². The summed E-state index contributed by atoms with van der Waals surface area (Å²) < 4.78 is 1.88. The highest BCUT2D eigenvalue weighted by Crippen LogP contribution is 2.24. The molecule has 0 unspecified atom stereocenters. The quantitative estimate of drug-likeness (QED) is 0.909. The summed E-state index contributed by atoms with van der Waals surface area (Å²) in [7, 11) is 0. The molecule has 1 N–H and O–H groups in total. The van der Waals surface area contributed by atoms with Crippen LogP contribution >= 0.6 is 0 Å². The molecule has 1 fully saturated rings. The van der Waals surface area contributed by atoms with Crippen LogP contribution in [-0.2, 0) is 6.54 Å².